The molecule has 0 atom stereocenters. The standard InChI is InChI=1S/C17H17BrN2O3/c1-11(12-8-9-15(22-2)16(10-12)23-3)19-20-17(21)13-6-4-5-7-14(13)18/h4-10,19H,1H2,2-3H3,(H,20,21). The Hall–Kier alpha value is -2.47. The van der Waals surface area contributed by atoms with E-state index in [4.69, 9.17) is 9.47 Å². The smallest absolute Gasteiger partial charge is 0.270 e. The van der Waals surface area contributed by atoms with Crippen molar-refractivity contribution in [3.63, 3.8) is 0 Å². The van der Waals surface area contributed by atoms with Crippen molar-refractivity contribution in [1.29, 1.82) is 0 Å². The number of carbonyl (C=O) groups is 1. The van der Waals surface area contributed by atoms with Gasteiger partial charge in [-0.05, 0) is 46.3 Å². The number of carbonyl (C=O) groups excluding carboxylic acids is 1. The van der Waals surface area contributed by atoms with E-state index >= 15 is 0 Å². The van der Waals surface area contributed by atoms with E-state index in [1.807, 2.05) is 12.1 Å². The first kappa shape index (κ1) is 16.9. The van der Waals surface area contributed by atoms with Crippen LogP contribution in [0.1, 0.15) is 15.9 Å². The van der Waals surface area contributed by atoms with Gasteiger partial charge in [0.15, 0.2) is 11.5 Å². The molecule has 0 fully saturated rings. The number of halogens is 1. The number of hydrogen-bond donors (Lipinski definition) is 2. The fourth-order valence-electron chi connectivity index (χ4n) is 1.94. The van der Waals surface area contributed by atoms with E-state index in [0.717, 1.165) is 10.0 Å². The number of amides is 1. The van der Waals surface area contributed by atoms with Gasteiger partial charge in [0.25, 0.3) is 5.91 Å². The summed E-state index contributed by atoms with van der Waals surface area (Å²) in [6.45, 7) is 3.91. The summed E-state index contributed by atoms with van der Waals surface area (Å²) in [5, 5.41) is 0. The molecule has 0 heterocycles. The van der Waals surface area contributed by atoms with Gasteiger partial charge in [0, 0.05) is 10.0 Å². The predicted molar refractivity (Wildman–Crippen MR) is 93.3 cm³/mol. The van der Waals surface area contributed by atoms with Crippen LogP contribution in [0, 0.1) is 0 Å². The topological polar surface area (TPSA) is 59.6 Å². The van der Waals surface area contributed by atoms with Crippen molar-refractivity contribution in [1.82, 2.24) is 10.9 Å². The van der Waals surface area contributed by atoms with Crippen LogP contribution in [0.2, 0.25) is 0 Å². The van der Waals surface area contributed by atoms with E-state index < -0.39 is 0 Å². The molecule has 2 aromatic rings. The lowest BCUT2D eigenvalue weighted by Gasteiger charge is -2.14. The molecular formula is C17H17BrN2O3. The summed E-state index contributed by atoms with van der Waals surface area (Å²) in [6.07, 6.45) is 0. The number of ether oxygens (including phenoxy) is 2. The summed E-state index contributed by atoms with van der Waals surface area (Å²) in [7, 11) is 3.13. The number of nitrogens with one attached hydrogen (secondary N) is 2. The minimum atomic E-state index is -0.265. The van der Waals surface area contributed by atoms with Crippen LogP contribution in [0.3, 0.4) is 0 Å². The van der Waals surface area contributed by atoms with E-state index in [0.29, 0.717) is 22.8 Å². The van der Waals surface area contributed by atoms with Crippen molar-refractivity contribution in [2.45, 2.75) is 0 Å². The zero-order chi connectivity index (χ0) is 16.8. The van der Waals surface area contributed by atoms with Crippen LogP contribution in [0.5, 0.6) is 11.5 Å². The fourth-order valence-corrected chi connectivity index (χ4v) is 2.41. The van der Waals surface area contributed by atoms with Crippen LogP contribution >= 0.6 is 15.9 Å². The lowest BCUT2D eigenvalue weighted by Crippen LogP contribution is -2.36. The molecule has 0 saturated carbocycles. The largest absolute Gasteiger partial charge is 0.493 e. The molecule has 5 nitrogen and oxygen atoms in total. The number of hydrogen-bond acceptors (Lipinski definition) is 4. The first-order valence-corrected chi connectivity index (χ1v) is 7.58. The Kier molecular flexibility index (Phi) is 5.65. The van der Waals surface area contributed by atoms with Gasteiger partial charge in [-0.25, -0.2) is 0 Å². The van der Waals surface area contributed by atoms with Crippen LogP contribution in [0.25, 0.3) is 5.70 Å². The first-order valence-electron chi connectivity index (χ1n) is 6.79. The second-order valence-corrected chi connectivity index (χ2v) is 5.46. The van der Waals surface area contributed by atoms with Crippen LogP contribution in [-0.2, 0) is 0 Å². The summed E-state index contributed by atoms with van der Waals surface area (Å²) < 4.78 is 11.2. The molecule has 0 aliphatic heterocycles. The quantitative estimate of drug-likeness (QED) is 0.758. The molecular weight excluding hydrogens is 360 g/mol. The third kappa shape index (κ3) is 4.04. The van der Waals surface area contributed by atoms with Crippen LogP contribution in [0.4, 0.5) is 0 Å². The normalized spacial score (nSPS) is 9.87. The Morgan fingerprint density at radius 1 is 1.04 bits per heavy atom. The van der Waals surface area contributed by atoms with Crippen molar-refractivity contribution in [3.05, 3.63) is 64.6 Å². The summed E-state index contributed by atoms with van der Waals surface area (Å²) in [4.78, 5) is 12.1. The molecule has 2 aromatic carbocycles. The van der Waals surface area contributed by atoms with E-state index in [1.165, 1.54) is 0 Å². The maximum Gasteiger partial charge on any atom is 0.270 e. The van der Waals surface area contributed by atoms with Gasteiger partial charge in [-0.1, -0.05) is 18.7 Å². The number of hydrazine groups is 1. The summed E-state index contributed by atoms with van der Waals surface area (Å²) >= 11 is 3.34. The Balaban J connectivity index is 2.05. The zero-order valence-corrected chi connectivity index (χ0v) is 14.4. The molecule has 0 saturated heterocycles. The van der Waals surface area contributed by atoms with Gasteiger partial charge < -0.3 is 9.47 Å². The molecule has 0 aliphatic rings. The molecule has 2 N–H and O–H groups in total. The van der Waals surface area contributed by atoms with E-state index in [9.17, 15) is 4.79 Å². The molecule has 6 heteroatoms. The minimum absolute atomic E-state index is 0.265. The van der Waals surface area contributed by atoms with E-state index in [2.05, 4.69) is 33.4 Å². The number of rotatable bonds is 6. The zero-order valence-electron chi connectivity index (χ0n) is 12.9. The summed E-state index contributed by atoms with van der Waals surface area (Å²) in [5.74, 6) is 0.950. The Labute approximate surface area is 143 Å². The second-order valence-electron chi connectivity index (χ2n) is 4.61. The van der Waals surface area contributed by atoms with Gasteiger partial charge in [-0.15, -0.1) is 0 Å². The molecule has 0 radical (unpaired) electrons. The van der Waals surface area contributed by atoms with Crippen molar-refractivity contribution < 1.29 is 14.3 Å². The van der Waals surface area contributed by atoms with Crippen LogP contribution in [-0.4, -0.2) is 20.1 Å². The molecule has 0 bridgehead atoms. The second kappa shape index (κ2) is 7.69. The SMILES string of the molecule is C=C(NNC(=O)c1ccccc1Br)c1ccc(OC)c(OC)c1. The highest BCUT2D eigenvalue weighted by atomic mass is 79.9. The first-order chi connectivity index (χ1) is 11.1. The van der Waals surface area contributed by atoms with Gasteiger partial charge in [0.1, 0.15) is 0 Å². The monoisotopic (exact) mass is 376 g/mol. The third-order valence-electron chi connectivity index (χ3n) is 3.18. The van der Waals surface area contributed by atoms with Gasteiger partial charge in [0.05, 0.1) is 25.5 Å². The van der Waals surface area contributed by atoms with Gasteiger partial charge in [0.2, 0.25) is 0 Å². The van der Waals surface area contributed by atoms with Crippen molar-refractivity contribution in [3.8, 4) is 11.5 Å². The molecule has 0 aliphatic carbocycles. The lowest BCUT2D eigenvalue weighted by atomic mass is 10.1. The summed E-state index contributed by atoms with van der Waals surface area (Å²) in [5.41, 5.74) is 7.25. The van der Waals surface area contributed by atoms with Gasteiger partial charge in [-0.2, -0.15) is 0 Å². The molecule has 120 valence electrons. The van der Waals surface area contributed by atoms with Crippen LogP contribution < -0.4 is 20.3 Å². The van der Waals surface area contributed by atoms with E-state index in [1.54, 1.807) is 44.6 Å². The molecule has 2 rings (SSSR count). The Morgan fingerprint density at radius 2 is 1.74 bits per heavy atom. The van der Waals surface area contributed by atoms with Crippen molar-refractivity contribution in [2.75, 3.05) is 14.2 Å². The average Bonchev–Trinajstić information content (AvgIpc) is 2.59. The molecule has 0 unspecified atom stereocenters. The Bertz CT molecular complexity index is 732. The highest BCUT2D eigenvalue weighted by Gasteiger charge is 2.10. The maximum absolute atomic E-state index is 12.1. The highest BCUT2D eigenvalue weighted by molar-refractivity contribution is 9.10. The number of benzene rings is 2. The highest BCUT2D eigenvalue weighted by Crippen LogP contribution is 2.29. The molecule has 0 spiro atoms. The lowest BCUT2D eigenvalue weighted by molar-refractivity contribution is 0.0941. The van der Waals surface area contributed by atoms with E-state index in [-0.39, 0.29) is 5.91 Å². The molecule has 1 amide bonds. The van der Waals surface area contributed by atoms with Crippen LogP contribution in [0.15, 0.2) is 53.5 Å². The number of methoxy groups -OCH3 is 2. The molecule has 23 heavy (non-hydrogen) atoms. The fraction of sp³-hybridized carbons (Fsp3) is 0.118. The molecule has 0 aromatic heterocycles. The maximum atomic E-state index is 12.1. The predicted octanol–water partition coefficient (Wildman–Crippen LogP) is 3.37. The third-order valence-corrected chi connectivity index (χ3v) is 3.87. The van der Waals surface area contributed by atoms with Gasteiger partial charge in [-0.3, -0.25) is 15.6 Å². The Morgan fingerprint density at radius 3 is 2.39 bits per heavy atom. The van der Waals surface area contributed by atoms with Crippen molar-refractivity contribution in [2.24, 2.45) is 0 Å². The average molecular weight is 377 g/mol. The summed E-state index contributed by atoms with van der Waals surface area (Å²) in [6, 6.07) is 12.5. The van der Waals surface area contributed by atoms with Gasteiger partial charge >= 0.3 is 0 Å². The van der Waals surface area contributed by atoms with Crippen molar-refractivity contribution >= 4 is 27.5 Å². The minimum Gasteiger partial charge on any atom is -0.493 e.